The van der Waals surface area contributed by atoms with Gasteiger partial charge in [0.15, 0.2) is 0 Å². The maximum absolute atomic E-state index is 14.0. The lowest BCUT2D eigenvalue weighted by molar-refractivity contribution is 0.210. The minimum atomic E-state index is -1.63. The number of hydrogen-bond donors (Lipinski definition) is 1. The van der Waals surface area contributed by atoms with Crippen LogP contribution in [0, 0.1) is 5.82 Å². The van der Waals surface area contributed by atoms with E-state index in [9.17, 15) is 8.78 Å². The quantitative estimate of drug-likeness (QED) is 0.812. The summed E-state index contributed by atoms with van der Waals surface area (Å²) < 4.78 is 27.8. The third-order valence-electron chi connectivity index (χ3n) is 3.08. The second-order valence-electron chi connectivity index (χ2n) is 4.83. The van der Waals surface area contributed by atoms with Crippen LogP contribution in [0.1, 0.15) is 43.9 Å². The fraction of sp³-hybridized carbons (Fsp3) is 0.538. The minimum absolute atomic E-state index is 0.0979. The van der Waals surface area contributed by atoms with Gasteiger partial charge in [0.25, 0.3) is 0 Å². The normalized spacial score (nSPS) is 21.4. The molecule has 0 aliphatic carbocycles. The van der Waals surface area contributed by atoms with E-state index in [4.69, 9.17) is 0 Å². The van der Waals surface area contributed by atoms with Crippen molar-refractivity contribution in [3.05, 3.63) is 35.1 Å². The molecule has 1 saturated heterocycles. The molecule has 2 rings (SSSR count). The SMILES string of the molecule is CC(C)(F)c1c(F)cccc1C1CCCN1. The van der Waals surface area contributed by atoms with Crippen molar-refractivity contribution in [2.75, 3.05) is 6.54 Å². The molecule has 1 aliphatic rings. The summed E-state index contributed by atoms with van der Waals surface area (Å²) in [4.78, 5) is 0. The predicted molar refractivity (Wildman–Crippen MR) is 60.5 cm³/mol. The maximum atomic E-state index is 14.0. The van der Waals surface area contributed by atoms with E-state index in [1.165, 1.54) is 19.9 Å². The van der Waals surface area contributed by atoms with Crippen LogP contribution in [0.4, 0.5) is 8.78 Å². The Morgan fingerprint density at radius 2 is 2.12 bits per heavy atom. The zero-order chi connectivity index (χ0) is 11.8. The van der Waals surface area contributed by atoms with E-state index in [0.717, 1.165) is 24.9 Å². The highest BCUT2D eigenvalue weighted by Crippen LogP contribution is 2.35. The molecule has 1 aromatic rings. The van der Waals surface area contributed by atoms with E-state index in [-0.39, 0.29) is 11.6 Å². The molecule has 3 heteroatoms. The van der Waals surface area contributed by atoms with Gasteiger partial charge in [0, 0.05) is 11.6 Å². The third kappa shape index (κ3) is 2.09. The Balaban J connectivity index is 2.47. The summed E-state index contributed by atoms with van der Waals surface area (Å²) >= 11 is 0. The van der Waals surface area contributed by atoms with E-state index in [1.54, 1.807) is 6.07 Å². The first kappa shape index (κ1) is 11.5. The maximum Gasteiger partial charge on any atom is 0.133 e. The molecule has 0 amide bonds. The zero-order valence-electron chi connectivity index (χ0n) is 9.69. The summed E-state index contributed by atoms with van der Waals surface area (Å²) in [6.45, 7) is 3.74. The van der Waals surface area contributed by atoms with Crippen LogP contribution in [0.2, 0.25) is 0 Å². The molecular weight excluding hydrogens is 208 g/mol. The number of hydrogen-bond acceptors (Lipinski definition) is 1. The summed E-state index contributed by atoms with van der Waals surface area (Å²) in [5.41, 5.74) is -0.662. The van der Waals surface area contributed by atoms with Crippen LogP contribution in [0.25, 0.3) is 0 Å². The van der Waals surface area contributed by atoms with Gasteiger partial charge in [-0.2, -0.15) is 0 Å². The van der Waals surface area contributed by atoms with Crippen molar-refractivity contribution in [1.82, 2.24) is 5.32 Å². The molecule has 0 bridgehead atoms. The third-order valence-corrected chi connectivity index (χ3v) is 3.08. The number of nitrogens with one attached hydrogen (secondary N) is 1. The van der Waals surface area contributed by atoms with Gasteiger partial charge in [0.1, 0.15) is 11.5 Å². The van der Waals surface area contributed by atoms with Crippen LogP contribution in [0.3, 0.4) is 0 Å². The lowest BCUT2D eigenvalue weighted by atomic mass is 9.90. The van der Waals surface area contributed by atoms with Crippen LogP contribution >= 0.6 is 0 Å². The van der Waals surface area contributed by atoms with Gasteiger partial charge < -0.3 is 5.32 Å². The van der Waals surface area contributed by atoms with Crippen molar-refractivity contribution in [1.29, 1.82) is 0 Å². The van der Waals surface area contributed by atoms with Crippen molar-refractivity contribution in [3.8, 4) is 0 Å². The standard InChI is InChI=1S/C13H17F2N/c1-13(2,15)12-9(5-3-6-10(12)14)11-7-4-8-16-11/h3,5-6,11,16H,4,7-8H2,1-2H3. The van der Waals surface area contributed by atoms with Crippen molar-refractivity contribution in [2.24, 2.45) is 0 Å². The molecule has 16 heavy (non-hydrogen) atoms. The highest BCUT2D eigenvalue weighted by Gasteiger charge is 2.30. The van der Waals surface area contributed by atoms with E-state index >= 15 is 0 Å². The minimum Gasteiger partial charge on any atom is -0.310 e. The van der Waals surface area contributed by atoms with Gasteiger partial charge in [0.05, 0.1) is 0 Å². The van der Waals surface area contributed by atoms with Gasteiger partial charge in [-0.05, 0) is 44.9 Å². The Morgan fingerprint density at radius 1 is 1.38 bits per heavy atom. The Morgan fingerprint density at radius 3 is 2.69 bits per heavy atom. The molecule has 1 aromatic carbocycles. The summed E-state index contributed by atoms with van der Waals surface area (Å²) in [5, 5.41) is 3.28. The van der Waals surface area contributed by atoms with Crippen molar-refractivity contribution in [2.45, 2.75) is 38.4 Å². The lowest BCUT2D eigenvalue weighted by Gasteiger charge is -2.23. The largest absolute Gasteiger partial charge is 0.310 e. The molecule has 1 nitrogen and oxygen atoms in total. The molecule has 88 valence electrons. The van der Waals surface area contributed by atoms with Gasteiger partial charge in [-0.3, -0.25) is 0 Å². The van der Waals surface area contributed by atoms with Gasteiger partial charge in [0.2, 0.25) is 0 Å². The Bertz CT molecular complexity index is 376. The fourth-order valence-corrected chi connectivity index (χ4v) is 2.41. The average Bonchev–Trinajstić information content (AvgIpc) is 2.67. The molecule has 0 saturated carbocycles. The molecule has 1 fully saturated rings. The van der Waals surface area contributed by atoms with Crippen LogP contribution < -0.4 is 5.32 Å². The Kier molecular flexibility index (Phi) is 2.98. The molecule has 0 radical (unpaired) electrons. The smallest absolute Gasteiger partial charge is 0.133 e. The van der Waals surface area contributed by atoms with E-state index < -0.39 is 11.5 Å². The number of benzene rings is 1. The zero-order valence-corrected chi connectivity index (χ0v) is 9.69. The average molecular weight is 225 g/mol. The second kappa shape index (κ2) is 4.13. The Labute approximate surface area is 94.9 Å². The first-order chi connectivity index (χ1) is 7.50. The Hall–Kier alpha value is -0.960. The van der Waals surface area contributed by atoms with Gasteiger partial charge in [-0.25, -0.2) is 8.78 Å². The van der Waals surface area contributed by atoms with Gasteiger partial charge >= 0.3 is 0 Å². The highest BCUT2D eigenvalue weighted by molar-refractivity contribution is 5.35. The van der Waals surface area contributed by atoms with Crippen molar-refractivity contribution < 1.29 is 8.78 Å². The van der Waals surface area contributed by atoms with E-state index in [1.807, 2.05) is 6.07 Å². The summed E-state index contributed by atoms with van der Waals surface area (Å²) in [5.74, 6) is -0.446. The topological polar surface area (TPSA) is 12.0 Å². The predicted octanol–water partition coefficient (Wildman–Crippen LogP) is 3.45. The molecular formula is C13H17F2N. The van der Waals surface area contributed by atoms with Crippen molar-refractivity contribution in [3.63, 3.8) is 0 Å². The molecule has 1 atom stereocenters. The van der Waals surface area contributed by atoms with Gasteiger partial charge in [-0.15, -0.1) is 0 Å². The molecule has 1 N–H and O–H groups in total. The lowest BCUT2D eigenvalue weighted by Crippen LogP contribution is -2.21. The van der Waals surface area contributed by atoms with Crippen molar-refractivity contribution >= 4 is 0 Å². The summed E-state index contributed by atoms with van der Waals surface area (Å²) in [6.07, 6.45) is 2.01. The summed E-state index contributed by atoms with van der Waals surface area (Å²) in [7, 11) is 0. The highest BCUT2D eigenvalue weighted by atomic mass is 19.1. The molecule has 0 aromatic heterocycles. The molecule has 1 aliphatic heterocycles. The monoisotopic (exact) mass is 225 g/mol. The number of alkyl halides is 1. The molecule has 1 heterocycles. The van der Waals surface area contributed by atoms with E-state index in [0.29, 0.717) is 0 Å². The van der Waals surface area contributed by atoms with Crippen LogP contribution in [0.15, 0.2) is 18.2 Å². The fourth-order valence-electron chi connectivity index (χ4n) is 2.41. The van der Waals surface area contributed by atoms with Gasteiger partial charge in [-0.1, -0.05) is 12.1 Å². The van der Waals surface area contributed by atoms with Crippen LogP contribution in [0.5, 0.6) is 0 Å². The van der Waals surface area contributed by atoms with Crippen LogP contribution in [-0.2, 0) is 5.67 Å². The first-order valence-corrected chi connectivity index (χ1v) is 5.71. The molecule has 0 spiro atoms. The second-order valence-corrected chi connectivity index (χ2v) is 4.83. The van der Waals surface area contributed by atoms with E-state index in [2.05, 4.69) is 5.32 Å². The number of rotatable bonds is 2. The molecule has 1 unspecified atom stereocenters. The number of halogens is 2. The summed E-state index contributed by atoms with van der Waals surface area (Å²) in [6, 6.07) is 4.90. The first-order valence-electron chi connectivity index (χ1n) is 5.71. The van der Waals surface area contributed by atoms with Crippen LogP contribution in [-0.4, -0.2) is 6.54 Å².